The summed E-state index contributed by atoms with van der Waals surface area (Å²) in [7, 11) is -1.50. The number of halogens is 2. The minimum absolute atomic E-state index is 0.125. The fourth-order valence-corrected chi connectivity index (χ4v) is 6.95. The van der Waals surface area contributed by atoms with Crippen molar-refractivity contribution in [1.82, 2.24) is 9.62 Å². The van der Waals surface area contributed by atoms with Crippen molar-refractivity contribution in [1.29, 1.82) is 0 Å². The minimum atomic E-state index is -3.31. The summed E-state index contributed by atoms with van der Waals surface area (Å²) >= 11 is 0. The van der Waals surface area contributed by atoms with Crippen LogP contribution in [0.4, 0.5) is 8.78 Å². The van der Waals surface area contributed by atoms with Crippen molar-refractivity contribution < 1.29 is 17.2 Å². The van der Waals surface area contributed by atoms with E-state index in [1.807, 2.05) is 26.1 Å². The number of hydrogen-bond acceptors (Lipinski definition) is 3. The van der Waals surface area contributed by atoms with Crippen LogP contribution < -0.4 is 5.32 Å². The summed E-state index contributed by atoms with van der Waals surface area (Å²) in [6, 6.07) is 10.4. The molecule has 4 nitrogen and oxygen atoms in total. The van der Waals surface area contributed by atoms with E-state index in [1.165, 1.54) is 6.07 Å². The van der Waals surface area contributed by atoms with E-state index < -0.39 is 15.4 Å². The number of fused-ring (bicyclic) bond motifs is 1. The molecule has 0 saturated carbocycles. The molecule has 1 fully saturated rings. The highest BCUT2D eigenvalue weighted by Crippen LogP contribution is 2.52. The lowest BCUT2D eigenvalue weighted by molar-refractivity contribution is 0.385. The number of piperidine rings is 1. The van der Waals surface area contributed by atoms with Gasteiger partial charge >= 0.3 is 0 Å². The molecule has 1 N–H and O–H groups in total. The molecule has 2 aromatic carbocycles. The first kappa shape index (κ1) is 24.0. The molecule has 2 aliphatic rings. The first-order valence-corrected chi connectivity index (χ1v) is 13.2. The van der Waals surface area contributed by atoms with Crippen LogP contribution in [-0.4, -0.2) is 45.2 Å². The Morgan fingerprint density at radius 3 is 2.45 bits per heavy atom. The second kappa shape index (κ2) is 9.28. The SMILES string of the molecule is CNCCCS(=O)(=O)N1CCC(=C2c3ccc(C)c(F)c3CC2(C)c2ccccc2F)CC1. The van der Waals surface area contributed by atoms with Crippen LogP contribution in [0.3, 0.4) is 0 Å². The molecule has 0 radical (unpaired) electrons. The van der Waals surface area contributed by atoms with E-state index >= 15 is 4.39 Å². The molecule has 0 aromatic heterocycles. The third kappa shape index (κ3) is 4.38. The average Bonchev–Trinajstić information content (AvgIpc) is 3.10. The number of hydrogen-bond donors (Lipinski definition) is 1. The van der Waals surface area contributed by atoms with Crippen LogP contribution in [0.25, 0.3) is 5.57 Å². The standard InChI is InChI=1S/C26H32F2N2O2S/c1-18-9-10-20-21(25(18)28)17-26(2,22-7-4-5-8-23(22)27)24(20)19-11-14-30(15-12-19)33(31,32)16-6-13-29-3/h4-5,7-10,29H,6,11-17H2,1-3H3. The molecule has 1 atom stereocenters. The van der Waals surface area contributed by atoms with Crippen LogP contribution in [0.2, 0.25) is 0 Å². The Morgan fingerprint density at radius 2 is 1.79 bits per heavy atom. The van der Waals surface area contributed by atoms with E-state index in [0.29, 0.717) is 62.0 Å². The summed E-state index contributed by atoms with van der Waals surface area (Å²) in [5, 5.41) is 2.98. The van der Waals surface area contributed by atoms with Crippen LogP contribution in [0.1, 0.15) is 48.4 Å². The summed E-state index contributed by atoms with van der Waals surface area (Å²) in [4.78, 5) is 0. The fraction of sp³-hybridized carbons (Fsp3) is 0.462. The van der Waals surface area contributed by atoms with E-state index in [2.05, 4.69) is 5.32 Å². The molecule has 0 amide bonds. The molecule has 2 aromatic rings. The fourth-order valence-electron chi connectivity index (χ4n) is 5.45. The molecular weight excluding hydrogens is 442 g/mol. The Kier molecular flexibility index (Phi) is 6.76. The zero-order valence-electron chi connectivity index (χ0n) is 19.5. The number of rotatable bonds is 6. The van der Waals surface area contributed by atoms with Crippen LogP contribution in [-0.2, 0) is 21.9 Å². The second-order valence-corrected chi connectivity index (χ2v) is 11.5. The highest BCUT2D eigenvalue weighted by Gasteiger charge is 2.44. The molecule has 178 valence electrons. The van der Waals surface area contributed by atoms with Crippen LogP contribution in [0.15, 0.2) is 42.0 Å². The summed E-state index contributed by atoms with van der Waals surface area (Å²) in [5.41, 5.74) is 3.97. The van der Waals surface area contributed by atoms with Crippen molar-refractivity contribution >= 4 is 15.6 Å². The van der Waals surface area contributed by atoms with Gasteiger partial charge in [0.1, 0.15) is 11.6 Å². The zero-order valence-corrected chi connectivity index (χ0v) is 20.4. The monoisotopic (exact) mass is 474 g/mol. The lowest BCUT2D eigenvalue weighted by Gasteiger charge is -2.34. The molecule has 4 rings (SSSR count). The summed E-state index contributed by atoms with van der Waals surface area (Å²) < 4.78 is 57.2. The summed E-state index contributed by atoms with van der Waals surface area (Å²) in [5.74, 6) is -0.400. The highest BCUT2D eigenvalue weighted by atomic mass is 32.2. The maximum Gasteiger partial charge on any atom is 0.214 e. The zero-order chi connectivity index (χ0) is 23.8. The molecule has 1 unspecified atom stereocenters. The molecule has 1 heterocycles. The van der Waals surface area contributed by atoms with E-state index in [1.54, 1.807) is 29.4 Å². The van der Waals surface area contributed by atoms with Gasteiger partial charge in [-0.2, -0.15) is 0 Å². The van der Waals surface area contributed by atoms with Gasteiger partial charge in [-0.05, 0) is 80.1 Å². The Labute approximate surface area is 195 Å². The largest absolute Gasteiger partial charge is 0.320 e. The molecular formula is C26H32F2N2O2S. The van der Waals surface area contributed by atoms with Gasteiger partial charge in [-0.1, -0.05) is 42.8 Å². The van der Waals surface area contributed by atoms with Crippen molar-refractivity contribution in [3.63, 3.8) is 0 Å². The topological polar surface area (TPSA) is 49.4 Å². The van der Waals surface area contributed by atoms with Gasteiger partial charge in [0.05, 0.1) is 5.75 Å². The summed E-state index contributed by atoms with van der Waals surface area (Å²) in [6.45, 7) is 5.20. The Hall–Kier alpha value is -2.09. The highest BCUT2D eigenvalue weighted by molar-refractivity contribution is 7.89. The van der Waals surface area contributed by atoms with Crippen molar-refractivity contribution in [2.24, 2.45) is 0 Å². The molecule has 1 aliphatic carbocycles. The van der Waals surface area contributed by atoms with Crippen molar-refractivity contribution in [3.8, 4) is 0 Å². The van der Waals surface area contributed by atoms with Gasteiger partial charge < -0.3 is 5.32 Å². The average molecular weight is 475 g/mol. The quantitative estimate of drug-likeness (QED) is 0.624. The number of sulfonamides is 1. The first-order chi connectivity index (χ1) is 15.7. The number of aryl methyl sites for hydroxylation is 1. The van der Waals surface area contributed by atoms with E-state index in [9.17, 15) is 12.8 Å². The lowest BCUT2D eigenvalue weighted by atomic mass is 9.73. The normalized spacial score (nSPS) is 21.5. The third-order valence-electron chi connectivity index (χ3n) is 7.16. The van der Waals surface area contributed by atoms with E-state index in [4.69, 9.17) is 0 Å². The van der Waals surface area contributed by atoms with Gasteiger partial charge in [-0.3, -0.25) is 0 Å². The smallest absolute Gasteiger partial charge is 0.214 e. The summed E-state index contributed by atoms with van der Waals surface area (Å²) in [6.07, 6.45) is 2.10. The predicted octanol–water partition coefficient (Wildman–Crippen LogP) is 4.58. The predicted molar refractivity (Wildman–Crippen MR) is 129 cm³/mol. The Balaban J connectivity index is 1.73. The first-order valence-electron chi connectivity index (χ1n) is 11.6. The van der Waals surface area contributed by atoms with Gasteiger partial charge in [0.25, 0.3) is 0 Å². The molecule has 33 heavy (non-hydrogen) atoms. The molecule has 7 heteroatoms. The molecule has 1 saturated heterocycles. The maximum atomic E-state index is 15.2. The van der Waals surface area contributed by atoms with Gasteiger partial charge in [-0.15, -0.1) is 0 Å². The number of nitrogens with one attached hydrogen (secondary N) is 1. The Bertz CT molecular complexity index is 1180. The second-order valence-electron chi connectivity index (χ2n) is 9.36. The molecule has 0 bridgehead atoms. The van der Waals surface area contributed by atoms with Crippen LogP contribution in [0.5, 0.6) is 0 Å². The van der Waals surface area contributed by atoms with Gasteiger partial charge in [0, 0.05) is 18.5 Å². The lowest BCUT2D eigenvalue weighted by Crippen LogP contribution is -2.39. The van der Waals surface area contributed by atoms with Gasteiger partial charge in [0.2, 0.25) is 10.0 Å². The van der Waals surface area contributed by atoms with E-state index in [0.717, 1.165) is 16.7 Å². The maximum absolute atomic E-state index is 15.2. The van der Waals surface area contributed by atoms with Crippen molar-refractivity contribution in [2.45, 2.75) is 44.9 Å². The molecule has 0 spiro atoms. The van der Waals surface area contributed by atoms with Crippen molar-refractivity contribution in [2.75, 3.05) is 32.4 Å². The molecule has 1 aliphatic heterocycles. The van der Waals surface area contributed by atoms with E-state index in [-0.39, 0.29) is 17.4 Å². The minimum Gasteiger partial charge on any atom is -0.320 e. The number of benzene rings is 2. The van der Waals surface area contributed by atoms with Gasteiger partial charge in [0.15, 0.2) is 0 Å². The van der Waals surface area contributed by atoms with Gasteiger partial charge in [-0.25, -0.2) is 21.5 Å². The number of nitrogens with zero attached hydrogens (tertiary/aromatic N) is 1. The third-order valence-corrected chi connectivity index (χ3v) is 9.11. The van der Waals surface area contributed by atoms with Crippen molar-refractivity contribution in [3.05, 3.63) is 75.9 Å². The number of allylic oxidation sites excluding steroid dienone is 1. The Morgan fingerprint density at radius 1 is 1.09 bits per heavy atom. The van der Waals surface area contributed by atoms with Crippen LogP contribution >= 0.6 is 0 Å². The van der Waals surface area contributed by atoms with Crippen LogP contribution in [0, 0.1) is 18.6 Å².